The molecule has 0 aliphatic heterocycles. The standard InChI is InChI=1S/C27H48O3/c1-5-18(28)8-6-7-17(2)20-11-12-21-19-9-10-23-25(30)24(29)14-16-27(23,4)22(19)13-15-26(20,21)3/h17-25,28-30H,5-16H2,1-4H3/t17-,18?,19+,20-,21+,22+,23+,24+,25-,26-,27-/m1/s1. The first-order valence-electron chi connectivity index (χ1n) is 13.3. The quantitative estimate of drug-likeness (QED) is 0.527. The fraction of sp³-hybridized carbons (Fsp3) is 1.00. The number of aliphatic hydroxyl groups is 3. The Labute approximate surface area is 185 Å². The van der Waals surface area contributed by atoms with E-state index >= 15 is 0 Å². The maximum Gasteiger partial charge on any atom is 0.0832 e. The van der Waals surface area contributed by atoms with E-state index in [1.165, 1.54) is 44.9 Å². The second kappa shape index (κ2) is 8.67. The average molecular weight is 421 g/mol. The van der Waals surface area contributed by atoms with Crippen molar-refractivity contribution in [1.82, 2.24) is 0 Å². The largest absolute Gasteiger partial charge is 0.393 e. The van der Waals surface area contributed by atoms with Crippen LogP contribution in [0, 0.1) is 46.3 Å². The van der Waals surface area contributed by atoms with Crippen LogP contribution in [0.1, 0.15) is 105 Å². The molecular formula is C27H48O3. The molecule has 4 fully saturated rings. The van der Waals surface area contributed by atoms with E-state index in [1.807, 2.05) is 0 Å². The Kier molecular flexibility index (Phi) is 6.66. The van der Waals surface area contributed by atoms with Crippen molar-refractivity contribution >= 4 is 0 Å². The number of fused-ring (bicyclic) bond motifs is 5. The molecule has 0 aromatic carbocycles. The summed E-state index contributed by atoms with van der Waals surface area (Å²) in [5.74, 6) is 4.32. The van der Waals surface area contributed by atoms with Crippen molar-refractivity contribution in [3.63, 3.8) is 0 Å². The van der Waals surface area contributed by atoms with Crippen LogP contribution in [0.4, 0.5) is 0 Å². The first-order chi connectivity index (χ1) is 14.2. The highest BCUT2D eigenvalue weighted by atomic mass is 16.3. The van der Waals surface area contributed by atoms with Gasteiger partial charge < -0.3 is 15.3 Å². The van der Waals surface area contributed by atoms with Gasteiger partial charge in [-0.3, -0.25) is 0 Å². The maximum absolute atomic E-state index is 10.8. The third-order valence-corrected chi connectivity index (χ3v) is 11.2. The molecule has 3 nitrogen and oxygen atoms in total. The molecule has 0 saturated heterocycles. The van der Waals surface area contributed by atoms with Crippen LogP contribution in [0.5, 0.6) is 0 Å². The minimum absolute atomic E-state index is 0.111. The van der Waals surface area contributed by atoms with Crippen LogP contribution >= 0.6 is 0 Å². The predicted molar refractivity (Wildman–Crippen MR) is 122 cm³/mol. The normalized spacial score (nSPS) is 50.3. The van der Waals surface area contributed by atoms with Crippen molar-refractivity contribution in [3.05, 3.63) is 0 Å². The predicted octanol–water partition coefficient (Wildman–Crippen LogP) is 5.55. The molecule has 3 N–H and O–H groups in total. The van der Waals surface area contributed by atoms with Gasteiger partial charge in [0.1, 0.15) is 0 Å². The van der Waals surface area contributed by atoms with Gasteiger partial charge in [0.15, 0.2) is 0 Å². The molecular weight excluding hydrogens is 372 g/mol. The lowest BCUT2D eigenvalue weighted by Crippen LogP contribution is -2.58. The summed E-state index contributed by atoms with van der Waals surface area (Å²) in [5, 5.41) is 30.9. The molecule has 0 bridgehead atoms. The molecule has 3 heteroatoms. The van der Waals surface area contributed by atoms with Crippen molar-refractivity contribution in [2.24, 2.45) is 46.3 Å². The van der Waals surface area contributed by atoms with Gasteiger partial charge >= 0.3 is 0 Å². The summed E-state index contributed by atoms with van der Waals surface area (Å²) in [6.07, 6.45) is 12.9. The minimum Gasteiger partial charge on any atom is -0.393 e. The van der Waals surface area contributed by atoms with E-state index < -0.39 is 12.2 Å². The van der Waals surface area contributed by atoms with Gasteiger partial charge in [0.2, 0.25) is 0 Å². The molecule has 0 aromatic rings. The van der Waals surface area contributed by atoms with Gasteiger partial charge in [-0.25, -0.2) is 0 Å². The SMILES string of the molecule is CCC(O)CCC[C@@H](C)[C@H]1CC[C@H]2[C@@H]3CC[C@H]4[C@@H](O)[C@@H](O)CC[C@]4(C)[C@H]3CC[C@]12C. The van der Waals surface area contributed by atoms with Crippen LogP contribution in [0.3, 0.4) is 0 Å². The van der Waals surface area contributed by atoms with E-state index in [-0.39, 0.29) is 11.5 Å². The maximum atomic E-state index is 10.8. The number of hydrogen-bond acceptors (Lipinski definition) is 3. The molecule has 4 rings (SSSR count). The van der Waals surface area contributed by atoms with Crippen LogP contribution < -0.4 is 0 Å². The van der Waals surface area contributed by atoms with Gasteiger partial charge in [-0.2, -0.15) is 0 Å². The zero-order valence-electron chi connectivity index (χ0n) is 20.0. The Morgan fingerprint density at radius 1 is 0.833 bits per heavy atom. The Morgan fingerprint density at radius 2 is 1.50 bits per heavy atom. The third kappa shape index (κ3) is 3.69. The first kappa shape index (κ1) is 23.1. The lowest BCUT2D eigenvalue weighted by atomic mass is 9.44. The molecule has 0 heterocycles. The summed E-state index contributed by atoms with van der Waals surface area (Å²) in [6.45, 7) is 9.65. The van der Waals surface area contributed by atoms with Crippen molar-refractivity contribution < 1.29 is 15.3 Å². The molecule has 4 aliphatic rings. The molecule has 0 spiro atoms. The van der Waals surface area contributed by atoms with E-state index in [1.54, 1.807) is 0 Å². The number of aliphatic hydroxyl groups excluding tert-OH is 3. The van der Waals surface area contributed by atoms with Gasteiger partial charge in [-0.1, -0.05) is 40.5 Å². The Balaban J connectivity index is 1.45. The molecule has 11 atom stereocenters. The van der Waals surface area contributed by atoms with Crippen LogP contribution in [0.15, 0.2) is 0 Å². The van der Waals surface area contributed by atoms with Crippen molar-refractivity contribution in [2.75, 3.05) is 0 Å². The van der Waals surface area contributed by atoms with Gasteiger partial charge in [0.25, 0.3) is 0 Å². The molecule has 174 valence electrons. The highest BCUT2D eigenvalue weighted by molar-refractivity contribution is 5.11. The summed E-state index contributed by atoms with van der Waals surface area (Å²) < 4.78 is 0. The zero-order chi connectivity index (χ0) is 21.7. The summed E-state index contributed by atoms with van der Waals surface area (Å²) in [7, 11) is 0. The summed E-state index contributed by atoms with van der Waals surface area (Å²) in [4.78, 5) is 0. The Bertz CT molecular complexity index is 593. The molecule has 0 radical (unpaired) electrons. The lowest BCUT2D eigenvalue weighted by molar-refractivity contribution is -0.174. The van der Waals surface area contributed by atoms with Crippen LogP contribution in [0.2, 0.25) is 0 Å². The van der Waals surface area contributed by atoms with Gasteiger partial charge in [-0.15, -0.1) is 0 Å². The van der Waals surface area contributed by atoms with Crippen LogP contribution in [0.25, 0.3) is 0 Å². The van der Waals surface area contributed by atoms with Crippen molar-refractivity contribution in [1.29, 1.82) is 0 Å². The minimum atomic E-state index is -0.507. The van der Waals surface area contributed by atoms with E-state index in [2.05, 4.69) is 27.7 Å². The Hall–Kier alpha value is -0.120. The fourth-order valence-electron chi connectivity index (χ4n) is 9.37. The first-order valence-corrected chi connectivity index (χ1v) is 13.3. The van der Waals surface area contributed by atoms with Gasteiger partial charge in [-0.05, 0) is 111 Å². The number of hydrogen-bond donors (Lipinski definition) is 3. The third-order valence-electron chi connectivity index (χ3n) is 11.2. The second-order valence-electron chi connectivity index (χ2n) is 12.4. The molecule has 1 unspecified atom stereocenters. The van der Waals surface area contributed by atoms with E-state index in [0.29, 0.717) is 11.3 Å². The molecule has 4 saturated carbocycles. The summed E-state index contributed by atoms with van der Waals surface area (Å²) in [5.41, 5.74) is 0.711. The second-order valence-corrected chi connectivity index (χ2v) is 12.4. The van der Waals surface area contributed by atoms with Crippen LogP contribution in [-0.4, -0.2) is 33.6 Å². The van der Waals surface area contributed by atoms with E-state index in [4.69, 9.17) is 0 Å². The Morgan fingerprint density at radius 3 is 2.23 bits per heavy atom. The van der Waals surface area contributed by atoms with Crippen molar-refractivity contribution in [3.8, 4) is 0 Å². The zero-order valence-corrected chi connectivity index (χ0v) is 20.0. The molecule has 0 amide bonds. The fourth-order valence-corrected chi connectivity index (χ4v) is 9.37. The number of rotatable bonds is 6. The van der Waals surface area contributed by atoms with E-state index in [0.717, 1.165) is 61.7 Å². The average Bonchev–Trinajstić information content (AvgIpc) is 3.08. The topological polar surface area (TPSA) is 60.7 Å². The van der Waals surface area contributed by atoms with Gasteiger partial charge in [0, 0.05) is 0 Å². The van der Waals surface area contributed by atoms with Crippen molar-refractivity contribution in [2.45, 2.75) is 123 Å². The molecule has 4 aliphatic carbocycles. The highest BCUT2D eigenvalue weighted by Crippen LogP contribution is 2.68. The lowest BCUT2D eigenvalue weighted by Gasteiger charge is -2.62. The smallest absolute Gasteiger partial charge is 0.0832 e. The van der Waals surface area contributed by atoms with Crippen LogP contribution in [-0.2, 0) is 0 Å². The summed E-state index contributed by atoms with van der Waals surface area (Å²) in [6, 6.07) is 0. The van der Waals surface area contributed by atoms with E-state index in [9.17, 15) is 15.3 Å². The molecule has 30 heavy (non-hydrogen) atoms. The van der Waals surface area contributed by atoms with Gasteiger partial charge in [0.05, 0.1) is 18.3 Å². The molecule has 0 aromatic heterocycles. The monoisotopic (exact) mass is 420 g/mol. The highest BCUT2D eigenvalue weighted by Gasteiger charge is 2.61. The summed E-state index contributed by atoms with van der Waals surface area (Å²) >= 11 is 0.